The van der Waals surface area contributed by atoms with E-state index in [1.54, 1.807) is 12.1 Å². The van der Waals surface area contributed by atoms with Gasteiger partial charge in [-0.15, -0.1) is 0 Å². The minimum Gasteiger partial charge on any atom is -0.338 e. The van der Waals surface area contributed by atoms with Crippen molar-refractivity contribution in [2.24, 2.45) is 5.41 Å². The van der Waals surface area contributed by atoms with Crippen molar-refractivity contribution >= 4 is 40.7 Å². The molecular weight excluding hydrogens is 319 g/mol. The van der Waals surface area contributed by atoms with E-state index in [4.69, 9.17) is 34.8 Å². The average Bonchev–Trinajstić information content (AvgIpc) is 3.05. The molecule has 2 aliphatic rings. The summed E-state index contributed by atoms with van der Waals surface area (Å²) in [6, 6.07) is 3.22. The van der Waals surface area contributed by atoms with Gasteiger partial charge in [0.1, 0.15) is 0 Å². The molecule has 1 atom stereocenters. The van der Waals surface area contributed by atoms with Gasteiger partial charge in [-0.3, -0.25) is 4.79 Å². The molecule has 3 nitrogen and oxygen atoms in total. The number of benzene rings is 1. The van der Waals surface area contributed by atoms with Crippen molar-refractivity contribution in [2.45, 2.75) is 12.8 Å². The first-order chi connectivity index (χ1) is 9.52. The van der Waals surface area contributed by atoms with Gasteiger partial charge in [-0.25, -0.2) is 0 Å². The summed E-state index contributed by atoms with van der Waals surface area (Å²) in [6.07, 6.45) is 2.15. The third-order valence-corrected chi connectivity index (χ3v) is 5.43. The van der Waals surface area contributed by atoms with Crippen LogP contribution in [0.15, 0.2) is 12.1 Å². The zero-order valence-corrected chi connectivity index (χ0v) is 13.2. The van der Waals surface area contributed by atoms with Crippen LogP contribution >= 0.6 is 34.8 Å². The normalized spacial score (nSPS) is 25.6. The van der Waals surface area contributed by atoms with Crippen molar-refractivity contribution in [2.75, 3.05) is 26.2 Å². The van der Waals surface area contributed by atoms with E-state index >= 15 is 0 Å². The van der Waals surface area contributed by atoms with E-state index in [-0.39, 0.29) is 16.3 Å². The fraction of sp³-hybridized carbons (Fsp3) is 0.500. The van der Waals surface area contributed by atoms with E-state index in [1.165, 1.54) is 0 Å². The lowest BCUT2D eigenvalue weighted by molar-refractivity contribution is 0.0776. The summed E-state index contributed by atoms with van der Waals surface area (Å²) in [5.41, 5.74) is 0.552. The maximum Gasteiger partial charge on any atom is 0.256 e. The molecule has 1 unspecified atom stereocenters. The van der Waals surface area contributed by atoms with Gasteiger partial charge in [0, 0.05) is 25.0 Å². The molecule has 1 aromatic rings. The van der Waals surface area contributed by atoms with Crippen LogP contribution in [-0.4, -0.2) is 37.0 Å². The van der Waals surface area contributed by atoms with Crippen molar-refractivity contribution in [3.63, 3.8) is 0 Å². The molecule has 2 saturated heterocycles. The molecule has 0 saturated carbocycles. The lowest BCUT2D eigenvalue weighted by Gasteiger charge is -2.23. The Morgan fingerprint density at radius 3 is 2.65 bits per heavy atom. The number of carbonyl (C=O) groups excluding carboxylic acids is 1. The van der Waals surface area contributed by atoms with Gasteiger partial charge in [-0.1, -0.05) is 34.8 Å². The largest absolute Gasteiger partial charge is 0.338 e. The maximum atomic E-state index is 12.7. The molecule has 2 aliphatic heterocycles. The molecule has 0 radical (unpaired) electrons. The number of rotatable bonds is 1. The summed E-state index contributed by atoms with van der Waals surface area (Å²) in [7, 11) is 0. The second kappa shape index (κ2) is 5.38. The van der Waals surface area contributed by atoms with Gasteiger partial charge in [0.25, 0.3) is 5.91 Å². The zero-order valence-electron chi connectivity index (χ0n) is 10.9. The van der Waals surface area contributed by atoms with Gasteiger partial charge >= 0.3 is 0 Å². The van der Waals surface area contributed by atoms with Crippen LogP contribution in [-0.2, 0) is 0 Å². The van der Waals surface area contributed by atoms with Crippen molar-refractivity contribution in [1.82, 2.24) is 10.2 Å². The number of hydrogen-bond acceptors (Lipinski definition) is 2. The van der Waals surface area contributed by atoms with E-state index in [2.05, 4.69) is 5.32 Å². The molecule has 20 heavy (non-hydrogen) atoms. The highest BCUT2D eigenvalue weighted by atomic mass is 35.5. The number of hydrogen-bond donors (Lipinski definition) is 1. The fourth-order valence-corrected chi connectivity index (χ4v) is 3.82. The first kappa shape index (κ1) is 14.5. The smallest absolute Gasteiger partial charge is 0.256 e. The number of carbonyl (C=O) groups is 1. The first-order valence-corrected chi connectivity index (χ1v) is 7.79. The lowest BCUT2D eigenvalue weighted by atomic mass is 9.86. The molecule has 0 aliphatic carbocycles. The molecule has 2 fully saturated rings. The highest BCUT2D eigenvalue weighted by Gasteiger charge is 2.42. The Balaban J connectivity index is 1.85. The summed E-state index contributed by atoms with van der Waals surface area (Å²) in [5.74, 6) is -0.119. The third kappa shape index (κ3) is 2.41. The summed E-state index contributed by atoms with van der Waals surface area (Å²) >= 11 is 18.3. The second-order valence-corrected chi connectivity index (χ2v) is 6.81. The number of halogens is 3. The van der Waals surface area contributed by atoms with Crippen LogP contribution in [0, 0.1) is 5.41 Å². The fourth-order valence-electron chi connectivity index (χ4n) is 3.13. The predicted molar refractivity (Wildman–Crippen MR) is 81.9 cm³/mol. The van der Waals surface area contributed by atoms with Crippen molar-refractivity contribution in [3.05, 3.63) is 32.8 Å². The summed E-state index contributed by atoms with van der Waals surface area (Å²) < 4.78 is 0. The number of nitrogens with one attached hydrogen (secondary N) is 1. The molecular formula is C14H15Cl3N2O. The molecule has 0 bridgehead atoms. The Kier molecular flexibility index (Phi) is 3.89. The molecule has 1 spiro atoms. The minimum absolute atomic E-state index is 0.119. The van der Waals surface area contributed by atoms with E-state index in [9.17, 15) is 4.79 Å². The van der Waals surface area contributed by atoms with Gasteiger partial charge < -0.3 is 10.2 Å². The van der Waals surface area contributed by atoms with E-state index in [0.717, 1.165) is 39.0 Å². The second-order valence-electron chi connectivity index (χ2n) is 5.62. The van der Waals surface area contributed by atoms with Crippen LogP contribution in [0.25, 0.3) is 0 Å². The minimum atomic E-state index is -0.119. The molecule has 1 aromatic carbocycles. The average molecular weight is 334 g/mol. The quantitative estimate of drug-likeness (QED) is 0.798. The molecule has 1 N–H and O–H groups in total. The third-order valence-electron chi connectivity index (χ3n) is 4.32. The van der Waals surface area contributed by atoms with Crippen molar-refractivity contribution in [1.29, 1.82) is 0 Å². The predicted octanol–water partition coefficient (Wildman–Crippen LogP) is 3.47. The summed E-state index contributed by atoms with van der Waals surface area (Å²) in [6.45, 7) is 3.52. The Hall–Kier alpha value is -0.480. The van der Waals surface area contributed by atoms with Crippen LogP contribution in [0.5, 0.6) is 0 Å². The number of likely N-dealkylation sites (tertiary alicyclic amines) is 1. The Morgan fingerprint density at radius 1 is 1.20 bits per heavy atom. The summed E-state index contributed by atoms with van der Waals surface area (Å²) in [5, 5.41) is 4.33. The van der Waals surface area contributed by atoms with E-state index in [1.807, 2.05) is 4.90 Å². The van der Waals surface area contributed by atoms with Gasteiger partial charge in [0.2, 0.25) is 0 Å². The standard InChI is InChI=1S/C14H15Cl3N2O/c15-9-1-2-10(16)12(17)11(9)13(20)19-6-4-14(8-19)3-5-18-7-14/h1-2,18H,3-8H2. The van der Waals surface area contributed by atoms with Crippen LogP contribution in [0.4, 0.5) is 0 Å². The summed E-state index contributed by atoms with van der Waals surface area (Å²) in [4.78, 5) is 14.5. The molecule has 6 heteroatoms. The molecule has 0 aromatic heterocycles. The zero-order chi connectivity index (χ0) is 14.3. The van der Waals surface area contributed by atoms with E-state index in [0.29, 0.717) is 15.6 Å². The van der Waals surface area contributed by atoms with Gasteiger partial charge in [0.05, 0.1) is 20.6 Å². The van der Waals surface area contributed by atoms with Crippen LogP contribution < -0.4 is 5.32 Å². The van der Waals surface area contributed by atoms with Crippen LogP contribution in [0.3, 0.4) is 0 Å². The number of amides is 1. The molecule has 2 heterocycles. The van der Waals surface area contributed by atoms with Gasteiger partial charge in [0.15, 0.2) is 0 Å². The number of nitrogens with zero attached hydrogens (tertiary/aromatic N) is 1. The maximum absolute atomic E-state index is 12.7. The van der Waals surface area contributed by atoms with Crippen LogP contribution in [0.1, 0.15) is 23.2 Å². The topological polar surface area (TPSA) is 32.3 Å². The lowest BCUT2D eigenvalue weighted by Crippen LogP contribution is -2.33. The molecule has 3 rings (SSSR count). The highest BCUT2D eigenvalue weighted by molar-refractivity contribution is 6.46. The molecule has 1 amide bonds. The Morgan fingerprint density at radius 2 is 1.95 bits per heavy atom. The first-order valence-electron chi connectivity index (χ1n) is 6.66. The van der Waals surface area contributed by atoms with Crippen LogP contribution in [0.2, 0.25) is 15.1 Å². The van der Waals surface area contributed by atoms with E-state index < -0.39 is 0 Å². The van der Waals surface area contributed by atoms with Gasteiger partial charge in [-0.05, 0) is 31.5 Å². The highest BCUT2D eigenvalue weighted by Crippen LogP contribution is 2.38. The Bertz CT molecular complexity index is 556. The van der Waals surface area contributed by atoms with Gasteiger partial charge in [-0.2, -0.15) is 0 Å². The Labute approximate surface area is 133 Å². The SMILES string of the molecule is O=C(c1c(Cl)ccc(Cl)c1Cl)N1CCC2(CCNC2)C1. The van der Waals surface area contributed by atoms with Crippen molar-refractivity contribution in [3.8, 4) is 0 Å². The monoisotopic (exact) mass is 332 g/mol. The molecule has 108 valence electrons. The van der Waals surface area contributed by atoms with Crippen molar-refractivity contribution < 1.29 is 4.79 Å².